The lowest BCUT2D eigenvalue weighted by Crippen LogP contribution is -2.18. The van der Waals surface area contributed by atoms with Crippen LogP contribution in [0.1, 0.15) is 20.8 Å². The Morgan fingerprint density at radius 2 is 1.90 bits per heavy atom. The van der Waals surface area contributed by atoms with Crippen LogP contribution in [0, 0.1) is 0 Å². The van der Waals surface area contributed by atoms with E-state index >= 15 is 0 Å². The van der Waals surface area contributed by atoms with E-state index in [1.54, 1.807) is 42.6 Å². The second-order valence-corrected chi connectivity index (χ2v) is 6.21. The Hall–Kier alpha value is -4.01. The molecule has 0 fully saturated rings. The summed E-state index contributed by atoms with van der Waals surface area (Å²) in [5.74, 6) is 0.492. The second kappa shape index (κ2) is 7.55. The summed E-state index contributed by atoms with van der Waals surface area (Å²) in [4.78, 5) is 23.8. The predicted molar refractivity (Wildman–Crippen MR) is 104 cm³/mol. The zero-order valence-corrected chi connectivity index (χ0v) is 15.5. The fourth-order valence-corrected chi connectivity index (χ4v) is 2.90. The number of nitrogens with one attached hydrogen (secondary N) is 1. The first-order valence-electron chi connectivity index (χ1n) is 8.80. The monoisotopic (exact) mass is 394 g/mol. The van der Waals surface area contributed by atoms with E-state index in [0.717, 1.165) is 5.69 Å². The van der Waals surface area contributed by atoms with E-state index in [4.69, 9.17) is 19.9 Å². The minimum atomic E-state index is -0.595. The Kier molecular flexibility index (Phi) is 4.78. The van der Waals surface area contributed by atoms with Crippen molar-refractivity contribution < 1.29 is 23.8 Å². The molecule has 1 aromatic heterocycles. The number of nitrogens with two attached hydrogens (primary N) is 1. The van der Waals surface area contributed by atoms with Gasteiger partial charge < -0.3 is 25.3 Å². The number of methoxy groups -OCH3 is 1. The normalized spacial score (nSPS) is 12.3. The van der Waals surface area contributed by atoms with E-state index in [-0.39, 0.29) is 11.6 Å². The molecule has 4 rings (SSSR count). The van der Waals surface area contributed by atoms with Crippen molar-refractivity contribution in [3.8, 4) is 22.9 Å². The molecule has 0 bridgehead atoms. The molecule has 2 heterocycles. The molecule has 2 aromatic carbocycles. The average Bonchev–Trinajstić information content (AvgIpc) is 3.24. The van der Waals surface area contributed by atoms with Gasteiger partial charge in [-0.2, -0.15) is 5.10 Å². The highest BCUT2D eigenvalue weighted by atomic mass is 16.6. The van der Waals surface area contributed by atoms with Gasteiger partial charge in [0.15, 0.2) is 11.5 Å². The van der Waals surface area contributed by atoms with Crippen LogP contribution in [-0.4, -0.2) is 41.9 Å². The van der Waals surface area contributed by atoms with Gasteiger partial charge in [0.25, 0.3) is 11.8 Å². The molecule has 0 radical (unpaired) electrons. The van der Waals surface area contributed by atoms with E-state index in [1.165, 1.54) is 17.9 Å². The number of aromatic nitrogens is 2. The molecule has 148 valence electrons. The van der Waals surface area contributed by atoms with Gasteiger partial charge in [-0.1, -0.05) is 0 Å². The molecule has 0 spiro atoms. The molecular weight excluding hydrogens is 376 g/mol. The summed E-state index contributed by atoms with van der Waals surface area (Å²) in [6, 6.07) is 11.7. The van der Waals surface area contributed by atoms with E-state index in [2.05, 4.69) is 10.4 Å². The van der Waals surface area contributed by atoms with Crippen LogP contribution in [0.4, 0.5) is 5.69 Å². The van der Waals surface area contributed by atoms with Gasteiger partial charge in [-0.25, -0.2) is 4.68 Å². The topological polar surface area (TPSA) is 118 Å². The van der Waals surface area contributed by atoms with Crippen molar-refractivity contribution in [1.82, 2.24) is 9.78 Å². The number of hydrogen-bond donors (Lipinski definition) is 2. The molecule has 29 heavy (non-hydrogen) atoms. The van der Waals surface area contributed by atoms with Crippen LogP contribution in [0.25, 0.3) is 5.69 Å². The maximum atomic E-state index is 12.7. The van der Waals surface area contributed by atoms with Crippen LogP contribution in [0.15, 0.2) is 48.7 Å². The molecule has 3 N–H and O–H groups in total. The molecule has 1 aliphatic heterocycles. The van der Waals surface area contributed by atoms with Gasteiger partial charge in [0.1, 0.15) is 18.9 Å². The third kappa shape index (κ3) is 3.70. The van der Waals surface area contributed by atoms with Crippen molar-refractivity contribution in [3.05, 3.63) is 59.9 Å². The highest BCUT2D eigenvalue weighted by molar-refractivity contribution is 6.05. The van der Waals surface area contributed by atoms with Gasteiger partial charge in [0.05, 0.1) is 12.8 Å². The SMILES string of the molecule is COc1cc(C(=O)Nc2ccc(-n3ccc(C(N)=O)n3)cc2)cc2c1OCCO2. The first-order chi connectivity index (χ1) is 14.0. The van der Waals surface area contributed by atoms with Crippen molar-refractivity contribution in [1.29, 1.82) is 0 Å². The van der Waals surface area contributed by atoms with Gasteiger partial charge in [-0.15, -0.1) is 0 Å². The number of hydrogen-bond acceptors (Lipinski definition) is 6. The third-order valence-corrected chi connectivity index (χ3v) is 4.32. The molecule has 0 saturated heterocycles. The summed E-state index contributed by atoms with van der Waals surface area (Å²) >= 11 is 0. The number of amides is 2. The highest BCUT2D eigenvalue weighted by Gasteiger charge is 2.21. The Labute approximate surface area is 166 Å². The molecule has 0 unspecified atom stereocenters. The zero-order chi connectivity index (χ0) is 20.4. The van der Waals surface area contributed by atoms with Gasteiger partial charge >= 0.3 is 0 Å². The molecule has 9 nitrogen and oxygen atoms in total. The summed E-state index contributed by atoms with van der Waals surface area (Å²) in [5.41, 5.74) is 7.08. The van der Waals surface area contributed by atoms with E-state index in [1.807, 2.05) is 0 Å². The summed E-state index contributed by atoms with van der Waals surface area (Å²) in [5, 5.41) is 6.92. The van der Waals surface area contributed by atoms with Gasteiger partial charge in [-0.3, -0.25) is 9.59 Å². The van der Waals surface area contributed by atoms with Crippen LogP contribution < -0.4 is 25.3 Å². The van der Waals surface area contributed by atoms with Gasteiger partial charge in [-0.05, 0) is 42.5 Å². The Bertz CT molecular complexity index is 1060. The minimum Gasteiger partial charge on any atom is -0.493 e. The first-order valence-corrected chi connectivity index (χ1v) is 8.80. The minimum absolute atomic E-state index is 0.176. The highest BCUT2D eigenvalue weighted by Crippen LogP contribution is 2.40. The van der Waals surface area contributed by atoms with Gasteiger partial charge in [0, 0.05) is 17.4 Å². The third-order valence-electron chi connectivity index (χ3n) is 4.32. The standard InChI is InChI=1S/C20H18N4O5/c1-27-16-10-12(11-17-18(16)29-9-8-28-17)20(26)22-13-2-4-14(5-3-13)24-7-6-15(23-24)19(21)25/h2-7,10-11H,8-9H2,1H3,(H2,21,25)(H,22,26). The number of carbonyl (C=O) groups is 2. The van der Waals surface area contributed by atoms with E-state index < -0.39 is 5.91 Å². The fraction of sp³-hybridized carbons (Fsp3) is 0.150. The van der Waals surface area contributed by atoms with Crippen molar-refractivity contribution in [2.45, 2.75) is 0 Å². The molecule has 2 amide bonds. The average molecular weight is 394 g/mol. The lowest BCUT2D eigenvalue weighted by atomic mass is 10.1. The lowest BCUT2D eigenvalue weighted by Gasteiger charge is -2.21. The smallest absolute Gasteiger partial charge is 0.269 e. The van der Waals surface area contributed by atoms with Crippen molar-refractivity contribution >= 4 is 17.5 Å². The summed E-state index contributed by atoms with van der Waals surface area (Å²) in [6.07, 6.45) is 1.63. The Balaban J connectivity index is 1.52. The summed E-state index contributed by atoms with van der Waals surface area (Å²) < 4.78 is 17.9. The van der Waals surface area contributed by atoms with Crippen LogP contribution in [0.3, 0.4) is 0 Å². The number of rotatable bonds is 5. The van der Waals surface area contributed by atoms with Crippen LogP contribution >= 0.6 is 0 Å². The molecule has 1 aliphatic rings. The molecular formula is C20H18N4O5. The number of ether oxygens (including phenoxy) is 3. The maximum Gasteiger partial charge on any atom is 0.269 e. The largest absolute Gasteiger partial charge is 0.493 e. The van der Waals surface area contributed by atoms with Crippen LogP contribution in [-0.2, 0) is 0 Å². The van der Waals surface area contributed by atoms with E-state index in [0.29, 0.717) is 41.7 Å². The zero-order valence-electron chi connectivity index (χ0n) is 15.5. The van der Waals surface area contributed by atoms with Gasteiger partial charge in [0.2, 0.25) is 5.75 Å². The predicted octanol–water partition coefficient (Wildman–Crippen LogP) is 2.00. The lowest BCUT2D eigenvalue weighted by molar-refractivity contribution is 0.0992. The van der Waals surface area contributed by atoms with Crippen molar-refractivity contribution in [2.24, 2.45) is 5.73 Å². The quantitative estimate of drug-likeness (QED) is 0.683. The first kappa shape index (κ1) is 18.4. The Morgan fingerprint density at radius 1 is 1.14 bits per heavy atom. The molecule has 9 heteroatoms. The summed E-state index contributed by atoms with van der Waals surface area (Å²) in [7, 11) is 1.51. The number of carbonyl (C=O) groups excluding carboxylic acids is 2. The molecule has 0 atom stereocenters. The second-order valence-electron chi connectivity index (χ2n) is 6.21. The van der Waals surface area contributed by atoms with Crippen molar-refractivity contribution in [3.63, 3.8) is 0 Å². The maximum absolute atomic E-state index is 12.7. The number of anilines is 1. The van der Waals surface area contributed by atoms with Crippen LogP contribution in [0.5, 0.6) is 17.2 Å². The molecule has 0 saturated carbocycles. The van der Waals surface area contributed by atoms with Crippen LogP contribution in [0.2, 0.25) is 0 Å². The number of nitrogens with zero attached hydrogens (tertiary/aromatic N) is 2. The Morgan fingerprint density at radius 3 is 2.59 bits per heavy atom. The number of benzene rings is 2. The molecule has 3 aromatic rings. The number of fused-ring (bicyclic) bond motifs is 1. The summed E-state index contributed by atoms with van der Waals surface area (Å²) in [6.45, 7) is 0.839. The van der Waals surface area contributed by atoms with Crippen molar-refractivity contribution in [2.75, 3.05) is 25.6 Å². The fourth-order valence-electron chi connectivity index (χ4n) is 2.90. The van der Waals surface area contributed by atoms with E-state index in [9.17, 15) is 9.59 Å². The number of primary amides is 1. The molecule has 0 aliphatic carbocycles.